The third-order valence-electron chi connectivity index (χ3n) is 2.19. The number of nitrogens with one attached hydrogen (secondary N) is 1. The number of carbonyl (C=O) groups is 2. The van der Waals surface area contributed by atoms with Crippen molar-refractivity contribution in [2.45, 2.75) is 12.5 Å². The second kappa shape index (κ2) is 5.97. The Hall–Kier alpha value is -2.15. The van der Waals surface area contributed by atoms with E-state index in [1.54, 1.807) is 0 Å². The highest BCUT2D eigenvalue weighted by Gasteiger charge is 2.15. The Morgan fingerprint density at radius 3 is 2.67 bits per heavy atom. The zero-order valence-electron chi connectivity index (χ0n) is 9.26. The number of hydrogen-bond acceptors (Lipinski definition) is 4. The number of hydrogen-bond donors (Lipinski definition) is 4. The van der Waals surface area contributed by atoms with E-state index in [0.717, 1.165) is 18.2 Å². The molecule has 0 aromatic heterocycles. The summed E-state index contributed by atoms with van der Waals surface area (Å²) in [5, 5.41) is 28.9. The van der Waals surface area contributed by atoms with Crippen molar-refractivity contribution in [1.82, 2.24) is 5.32 Å². The maximum absolute atomic E-state index is 12.9. The number of aliphatic hydroxyl groups excluding tert-OH is 1. The van der Waals surface area contributed by atoms with Gasteiger partial charge in [0.2, 0.25) is 0 Å². The normalized spacial score (nSPS) is 11.9. The molecule has 7 heteroatoms. The first-order valence-electron chi connectivity index (χ1n) is 5.09. The van der Waals surface area contributed by atoms with Gasteiger partial charge in [0.15, 0.2) is 6.10 Å². The van der Waals surface area contributed by atoms with Gasteiger partial charge in [0, 0.05) is 13.0 Å². The highest BCUT2D eigenvalue weighted by Crippen LogP contribution is 2.17. The molecule has 1 aromatic rings. The first-order valence-corrected chi connectivity index (χ1v) is 5.09. The van der Waals surface area contributed by atoms with Crippen LogP contribution in [0.4, 0.5) is 4.39 Å². The SMILES string of the molecule is O=C(NCC[C@H](O)C(=O)O)c1cc(F)ccc1O. The average molecular weight is 257 g/mol. The Labute approximate surface area is 102 Å². The van der Waals surface area contributed by atoms with E-state index in [1.807, 2.05) is 0 Å². The van der Waals surface area contributed by atoms with E-state index in [0.29, 0.717) is 0 Å². The standard InChI is InChI=1S/C11H12FNO5/c12-6-1-2-8(14)7(5-6)10(16)13-4-3-9(15)11(17)18/h1-2,5,9,14-15H,3-4H2,(H,13,16)(H,17,18)/t9-/m0/s1. The lowest BCUT2D eigenvalue weighted by molar-refractivity contribution is -0.146. The van der Waals surface area contributed by atoms with Gasteiger partial charge in [-0.25, -0.2) is 9.18 Å². The van der Waals surface area contributed by atoms with Gasteiger partial charge in [-0.3, -0.25) is 4.79 Å². The first kappa shape index (κ1) is 13.9. The van der Waals surface area contributed by atoms with Crippen LogP contribution in [0, 0.1) is 5.82 Å². The van der Waals surface area contributed by atoms with Crippen LogP contribution < -0.4 is 5.32 Å². The van der Waals surface area contributed by atoms with Gasteiger partial charge in [0.05, 0.1) is 5.56 Å². The molecule has 0 bridgehead atoms. The molecule has 0 saturated carbocycles. The van der Waals surface area contributed by atoms with Crippen LogP contribution in [0.3, 0.4) is 0 Å². The maximum Gasteiger partial charge on any atom is 0.332 e. The molecule has 1 amide bonds. The lowest BCUT2D eigenvalue weighted by Gasteiger charge is -2.08. The molecule has 0 saturated heterocycles. The number of carboxylic acids is 1. The molecule has 4 N–H and O–H groups in total. The topological polar surface area (TPSA) is 107 Å². The third-order valence-corrected chi connectivity index (χ3v) is 2.19. The fourth-order valence-electron chi connectivity index (χ4n) is 1.23. The zero-order valence-corrected chi connectivity index (χ0v) is 9.26. The third kappa shape index (κ3) is 3.70. The van der Waals surface area contributed by atoms with Crippen molar-refractivity contribution in [2.75, 3.05) is 6.54 Å². The lowest BCUT2D eigenvalue weighted by Crippen LogP contribution is -2.30. The van der Waals surface area contributed by atoms with Crippen molar-refractivity contribution < 1.29 is 29.3 Å². The molecule has 0 spiro atoms. The molecule has 1 atom stereocenters. The van der Waals surface area contributed by atoms with Gasteiger partial charge in [0.1, 0.15) is 11.6 Å². The largest absolute Gasteiger partial charge is 0.507 e. The van der Waals surface area contributed by atoms with Crippen LogP contribution in [0.5, 0.6) is 5.75 Å². The summed E-state index contributed by atoms with van der Waals surface area (Å²) < 4.78 is 12.9. The van der Waals surface area contributed by atoms with Crippen LogP contribution in [0.2, 0.25) is 0 Å². The minimum Gasteiger partial charge on any atom is -0.507 e. The Morgan fingerprint density at radius 1 is 1.39 bits per heavy atom. The minimum atomic E-state index is -1.58. The highest BCUT2D eigenvalue weighted by atomic mass is 19.1. The Morgan fingerprint density at radius 2 is 2.06 bits per heavy atom. The number of phenols is 1. The molecule has 6 nitrogen and oxygen atoms in total. The van der Waals surface area contributed by atoms with Crippen LogP contribution in [0.1, 0.15) is 16.8 Å². The fourth-order valence-corrected chi connectivity index (χ4v) is 1.23. The van der Waals surface area contributed by atoms with Crippen molar-refractivity contribution in [3.8, 4) is 5.75 Å². The summed E-state index contributed by atoms with van der Waals surface area (Å²) in [6, 6.07) is 2.90. The fraction of sp³-hybridized carbons (Fsp3) is 0.273. The van der Waals surface area contributed by atoms with E-state index in [1.165, 1.54) is 0 Å². The monoisotopic (exact) mass is 257 g/mol. The molecule has 1 aromatic carbocycles. The molecule has 1 rings (SSSR count). The van der Waals surface area contributed by atoms with E-state index in [4.69, 9.17) is 10.2 Å². The molecule has 0 fully saturated rings. The van der Waals surface area contributed by atoms with Gasteiger partial charge < -0.3 is 20.6 Å². The van der Waals surface area contributed by atoms with Gasteiger partial charge >= 0.3 is 5.97 Å². The summed E-state index contributed by atoms with van der Waals surface area (Å²) in [6.07, 6.45) is -1.76. The summed E-state index contributed by atoms with van der Waals surface area (Å²) in [5.74, 6) is -3.20. The predicted octanol–water partition coefficient (Wildman–Crippen LogP) is 0.0967. The second-order valence-electron chi connectivity index (χ2n) is 3.56. The van der Waals surface area contributed by atoms with Crippen molar-refractivity contribution in [3.63, 3.8) is 0 Å². The predicted molar refractivity (Wildman–Crippen MR) is 58.7 cm³/mol. The molecule has 0 aliphatic rings. The summed E-state index contributed by atoms with van der Waals surface area (Å²) in [7, 11) is 0. The van der Waals surface area contributed by atoms with Crippen molar-refractivity contribution >= 4 is 11.9 Å². The number of aliphatic carboxylic acids is 1. The van der Waals surface area contributed by atoms with Gasteiger partial charge in [-0.1, -0.05) is 0 Å². The number of rotatable bonds is 5. The van der Waals surface area contributed by atoms with Crippen LogP contribution >= 0.6 is 0 Å². The molecular formula is C11H12FNO5. The molecular weight excluding hydrogens is 245 g/mol. The number of aliphatic hydroxyl groups is 1. The number of amides is 1. The number of phenolic OH excluding ortho intramolecular Hbond substituents is 1. The smallest absolute Gasteiger partial charge is 0.332 e. The van der Waals surface area contributed by atoms with Crippen molar-refractivity contribution in [2.24, 2.45) is 0 Å². The lowest BCUT2D eigenvalue weighted by atomic mass is 10.1. The molecule has 0 radical (unpaired) electrons. The van der Waals surface area contributed by atoms with Crippen molar-refractivity contribution in [3.05, 3.63) is 29.6 Å². The number of carboxylic acid groups (broad SMARTS) is 1. The molecule has 0 unspecified atom stereocenters. The quantitative estimate of drug-likeness (QED) is 0.598. The van der Waals surface area contributed by atoms with E-state index in [9.17, 15) is 19.1 Å². The number of carbonyl (C=O) groups excluding carboxylic acids is 1. The average Bonchev–Trinajstić information content (AvgIpc) is 2.31. The van der Waals surface area contributed by atoms with Crippen LogP contribution in [-0.2, 0) is 4.79 Å². The van der Waals surface area contributed by atoms with Crippen LogP contribution in [0.25, 0.3) is 0 Å². The van der Waals surface area contributed by atoms with Crippen LogP contribution in [-0.4, -0.2) is 39.8 Å². The molecule has 0 aliphatic heterocycles. The summed E-state index contributed by atoms with van der Waals surface area (Å²) >= 11 is 0. The summed E-state index contributed by atoms with van der Waals surface area (Å²) in [4.78, 5) is 21.8. The van der Waals surface area contributed by atoms with Gasteiger partial charge in [-0.15, -0.1) is 0 Å². The van der Waals surface area contributed by atoms with Crippen LogP contribution in [0.15, 0.2) is 18.2 Å². The maximum atomic E-state index is 12.9. The number of benzene rings is 1. The number of aromatic hydroxyl groups is 1. The molecule has 0 aliphatic carbocycles. The van der Waals surface area contributed by atoms with Gasteiger partial charge in [-0.05, 0) is 18.2 Å². The van der Waals surface area contributed by atoms with Gasteiger partial charge in [0.25, 0.3) is 5.91 Å². The molecule has 18 heavy (non-hydrogen) atoms. The Balaban J connectivity index is 2.55. The molecule has 0 heterocycles. The van der Waals surface area contributed by atoms with E-state index in [2.05, 4.69) is 5.32 Å². The Kier molecular flexibility index (Phi) is 4.61. The van der Waals surface area contributed by atoms with Gasteiger partial charge in [-0.2, -0.15) is 0 Å². The van der Waals surface area contributed by atoms with E-state index < -0.39 is 23.8 Å². The Bertz CT molecular complexity index is 463. The summed E-state index contributed by atoms with van der Waals surface area (Å²) in [5.41, 5.74) is -0.250. The van der Waals surface area contributed by atoms with Crippen molar-refractivity contribution in [1.29, 1.82) is 0 Å². The van der Waals surface area contributed by atoms with E-state index >= 15 is 0 Å². The second-order valence-corrected chi connectivity index (χ2v) is 3.56. The summed E-state index contributed by atoms with van der Waals surface area (Å²) in [6.45, 7) is -0.109. The first-order chi connectivity index (χ1) is 8.41. The highest BCUT2D eigenvalue weighted by molar-refractivity contribution is 5.96. The minimum absolute atomic E-state index is 0.109. The van der Waals surface area contributed by atoms with E-state index in [-0.39, 0.29) is 24.3 Å². The molecule has 98 valence electrons. The zero-order chi connectivity index (χ0) is 13.7. The number of halogens is 1.